The predicted octanol–water partition coefficient (Wildman–Crippen LogP) is 4.09. The van der Waals surface area contributed by atoms with Gasteiger partial charge in [-0.3, -0.25) is 4.79 Å². The van der Waals surface area contributed by atoms with Crippen molar-refractivity contribution in [3.63, 3.8) is 0 Å². The lowest BCUT2D eigenvalue weighted by Gasteiger charge is -2.14. The predicted molar refractivity (Wildman–Crippen MR) is 104 cm³/mol. The summed E-state index contributed by atoms with van der Waals surface area (Å²) < 4.78 is 15.5. The van der Waals surface area contributed by atoms with Gasteiger partial charge in [-0.05, 0) is 37.3 Å². The zero-order valence-electron chi connectivity index (χ0n) is 15.1. The summed E-state index contributed by atoms with van der Waals surface area (Å²) in [6.45, 7) is -0.393. The van der Waals surface area contributed by atoms with Gasteiger partial charge < -0.3 is 19.5 Å². The van der Waals surface area contributed by atoms with Gasteiger partial charge in [-0.15, -0.1) is 11.3 Å². The molecule has 144 valence electrons. The Morgan fingerprint density at radius 3 is 2.63 bits per heavy atom. The molecule has 3 rings (SSSR count). The van der Waals surface area contributed by atoms with Crippen molar-refractivity contribution in [2.24, 2.45) is 0 Å². The third-order valence-electron chi connectivity index (χ3n) is 4.36. The van der Waals surface area contributed by atoms with Gasteiger partial charge in [0.15, 0.2) is 6.61 Å². The van der Waals surface area contributed by atoms with Gasteiger partial charge in [-0.25, -0.2) is 4.79 Å². The quantitative estimate of drug-likeness (QED) is 0.727. The molecule has 0 radical (unpaired) electrons. The number of amides is 1. The van der Waals surface area contributed by atoms with Crippen LogP contribution in [0.4, 0.5) is 5.69 Å². The molecule has 1 N–H and O–H groups in total. The van der Waals surface area contributed by atoms with E-state index in [1.807, 2.05) is 5.38 Å². The lowest BCUT2D eigenvalue weighted by Crippen LogP contribution is -2.21. The second-order valence-electron chi connectivity index (χ2n) is 6.07. The van der Waals surface area contributed by atoms with Gasteiger partial charge in [0.05, 0.1) is 30.5 Å². The van der Waals surface area contributed by atoms with Crippen molar-refractivity contribution in [1.29, 1.82) is 0 Å². The van der Waals surface area contributed by atoms with Crippen LogP contribution in [0.5, 0.6) is 11.5 Å². The van der Waals surface area contributed by atoms with Crippen LogP contribution < -0.4 is 14.8 Å². The number of benzene rings is 1. The van der Waals surface area contributed by atoms with Gasteiger partial charge in [0.2, 0.25) is 0 Å². The summed E-state index contributed by atoms with van der Waals surface area (Å²) >= 11 is 7.67. The molecule has 1 heterocycles. The number of esters is 1. The second kappa shape index (κ2) is 8.63. The van der Waals surface area contributed by atoms with Crippen molar-refractivity contribution in [2.45, 2.75) is 25.7 Å². The number of fused-ring (bicyclic) bond motifs is 1. The maximum atomic E-state index is 12.3. The molecule has 0 bridgehead atoms. The molecule has 27 heavy (non-hydrogen) atoms. The van der Waals surface area contributed by atoms with Crippen molar-refractivity contribution in [3.8, 4) is 11.5 Å². The van der Waals surface area contributed by atoms with E-state index in [1.165, 1.54) is 25.2 Å². The van der Waals surface area contributed by atoms with Crippen molar-refractivity contribution in [2.75, 3.05) is 26.1 Å². The van der Waals surface area contributed by atoms with E-state index in [1.54, 1.807) is 17.4 Å². The molecule has 0 unspecified atom stereocenters. The molecule has 2 aromatic rings. The number of nitrogens with one attached hydrogen (secondary N) is 1. The largest absolute Gasteiger partial charge is 0.495 e. The topological polar surface area (TPSA) is 73.9 Å². The summed E-state index contributed by atoms with van der Waals surface area (Å²) in [5, 5.41) is 4.79. The summed E-state index contributed by atoms with van der Waals surface area (Å²) in [5.41, 5.74) is 2.02. The van der Waals surface area contributed by atoms with Crippen LogP contribution in [0.3, 0.4) is 0 Å². The number of methoxy groups -OCH3 is 2. The van der Waals surface area contributed by atoms with E-state index in [-0.39, 0.29) is 0 Å². The van der Waals surface area contributed by atoms with Crippen LogP contribution in [0.25, 0.3) is 0 Å². The molecule has 0 saturated heterocycles. The smallest absolute Gasteiger partial charge is 0.339 e. The van der Waals surface area contributed by atoms with Gasteiger partial charge in [0, 0.05) is 16.3 Å². The molecule has 0 fully saturated rings. The van der Waals surface area contributed by atoms with Crippen molar-refractivity contribution in [1.82, 2.24) is 0 Å². The minimum Gasteiger partial charge on any atom is -0.495 e. The summed E-state index contributed by atoms with van der Waals surface area (Å²) in [7, 11) is 2.96. The molecular weight excluding hydrogens is 390 g/mol. The molecule has 0 saturated carbocycles. The van der Waals surface area contributed by atoms with Crippen LogP contribution in [-0.2, 0) is 22.4 Å². The first-order valence-electron chi connectivity index (χ1n) is 8.51. The summed E-state index contributed by atoms with van der Waals surface area (Å²) in [5.74, 6) is -0.126. The van der Waals surface area contributed by atoms with Gasteiger partial charge in [0.1, 0.15) is 11.5 Å². The van der Waals surface area contributed by atoms with Crippen LogP contribution in [0.1, 0.15) is 33.6 Å². The van der Waals surface area contributed by atoms with Gasteiger partial charge in [0.25, 0.3) is 5.91 Å². The fraction of sp³-hybridized carbons (Fsp3) is 0.368. The third-order valence-corrected chi connectivity index (χ3v) is 5.75. The maximum absolute atomic E-state index is 12.3. The van der Waals surface area contributed by atoms with E-state index in [0.717, 1.165) is 31.2 Å². The Bertz CT molecular complexity index is 864. The van der Waals surface area contributed by atoms with Gasteiger partial charge in [-0.2, -0.15) is 0 Å². The van der Waals surface area contributed by atoms with Crippen LogP contribution in [0.2, 0.25) is 5.02 Å². The van der Waals surface area contributed by atoms with Crippen LogP contribution in [0, 0.1) is 0 Å². The van der Waals surface area contributed by atoms with E-state index in [4.69, 9.17) is 25.8 Å². The van der Waals surface area contributed by atoms with E-state index >= 15 is 0 Å². The number of ether oxygens (including phenoxy) is 3. The Kier molecular flexibility index (Phi) is 6.23. The van der Waals surface area contributed by atoms with E-state index < -0.39 is 18.5 Å². The fourth-order valence-corrected chi connectivity index (χ4v) is 4.37. The number of halogens is 1. The molecule has 8 heteroatoms. The first-order chi connectivity index (χ1) is 13.0. The molecule has 0 aliphatic heterocycles. The monoisotopic (exact) mass is 409 g/mol. The number of carbonyl (C=O) groups excluding carboxylic acids is 2. The van der Waals surface area contributed by atoms with Gasteiger partial charge >= 0.3 is 5.97 Å². The second-order valence-corrected chi connectivity index (χ2v) is 7.44. The number of rotatable bonds is 6. The maximum Gasteiger partial charge on any atom is 0.339 e. The Hall–Kier alpha value is -2.25. The summed E-state index contributed by atoms with van der Waals surface area (Å²) in [6, 6.07) is 3.09. The van der Waals surface area contributed by atoms with Crippen LogP contribution in [0.15, 0.2) is 17.5 Å². The summed E-state index contributed by atoms with van der Waals surface area (Å²) in [4.78, 5) is 25.8. The van der Waals surface area contributed by atoms with Gasteiger partial charge in [-0.1, -0.05) is 11.6 Å². The number of anilines is 1. The lowest BCUT2D eigenvalue weighted by molar-refractivity contribution is -0.119. The highest BCUT2D eigenvalue weighted by molar-refractivity contribution is 7.10. The van der Waals surface area contributed by atoms with Crippen molar-refractivity contribution in [3.05, 3.63) is 38.5 Å². The van der Waals surface area contributed by atoms with E-state index in [0.29, 0.717) is 27.8 Å². The SMILES string of the molecule is COc1cc(OC)c(NC(=O)COC(=O)c2csc3c2CCCC3)cc1Cl. The van der Waals surface area contributed by atoms with Crippen molar-refractivity contribution >= 4 is 40.5 Å². The van der Waals surface area contributed by atoms with E-state index in [2.05, 4.69) is 5.32 Å². The highest BCUT2D eigenvalue weighted by Gasteiger charge is 2.22. The standard InChI is InChI=1S/C19H20ClNO5S/c1-24-15-8-16(25-2)14(7-13(15)20)21-18(22)9-26-19(23)12-10-27-17-6-4-3-5-11(12)17/h7-8,10H,3-6,9H2,1-2H3,(H,21,22). The summed E-state index contributed by atoms with van der Waals surface area (Å²) in [6.07, 6.45) is 4.11. The molecule has 1 aliphatic carbocycles. The highest BCUT2D eigenvalue weighted by atomic mass is 35.5. The highest BCUT2D eigenvalue weighted by Crippen LogP contribution is 2.36. The molecule has 1 amide bonds. The third kappa shape index (κ3) is 4.36. The Morgan fingerprint density at radius 2 is 1.89 bits per heavy atom. The number of carbonyl (C=O) groups is 2. The molecule has 1 aromatic heterocycles. The zero-order valence-corrected chi connectivity index (χ0v) is 16.7. The molecule has 0 spiro atoms. The van der Waals surface area contributed by atoms with Crippen LogP contribution in [-0.4, -0.2) is 32.7 Å². The minimum atomic E-state index is -0.480. The van der Waals surface area contributed by atoms with E-state index in [9.17, 15) is 9.59 Å². The normalized spacial score (nSPS) is 12.9. The Labute approximate surface area is 166 Å². The molecular formula is C19H20ClNO5S. The average molecular weight is 410 g/mol. The number of hydrogen-bond acceptors (Lipinski definition) is 6. The average Bonchev–Trinajstić information content (AvgIpc) is 3.10. The first-order valence-corrected chi connectivity index (χ1v) is 9.77. The number of hydrogen-bond donors (Lipinski definition) is 1. The lowest BCUT2D eigenvalue weighted by atomic mass is 9.96. The first kappa shape index (κ1) is 19.5. The number of thiophene rings is 1. The zero-order chi connectivity index (χ0) is 19.4. The molecule has 6 nitrogen and oxygen atoms in total. The van der Waals surface area contributed by atoms with Crippen LogP contribution >= 0.6 is 22.9 Å². The fourth-order valence-electron chi connectivity index (χ4n) is 3.02. The molecule has 1 aliphatic rings. The molecule has 0 atom stereocenters. The Balaban J connectivity index is 1.62. The Morgan fingerprint density at radius 1 is 1.15 bits per heavy atom. The number of aryl methyl sites for hydroxylation is 1. The molecule has 1 aromatic carbocycles. The minimum absolute atomic E-state index is 0.329. The van der Waals surface area contributed by atoms with Crippen molar-refractivity contribution < 1.29 is 23.8 Å².